The number of ether oxygens (including phenoxy) is 1. The van der Waals surface area contributed by atoms with Crippen LogP contribution in [0, 0.1) is 0 Å². The quantitative estimate of drug-likeness (QED) is 0.612. The summed E-state index contributed by atoms with van der Waals surface area (Å²) in [6.07, 6.45) is 2.64. The van der Waals surface area contributed by atoms with Crippen LogP contribution in [0.15, 0.2) is 47.5 Å². The number of para-hydroxylation sites is 1. The van der Waals surface area contributed by atoms with E-state index in [9.17, 15) is 4.79 Å². The number of nitrogens with zero attached hydrogens (tertiary/aromatic N) is 4. The molecule has 0 amide bonds. The van der Waals surface area contributed by atoms with Crippen LogP contribution in [-0.2, 0) is 13.1 Å². The average Bonchev–Trinajstić information content (AvgIpc) is 3.16. The monoisotopic (exact) mass is 398 g/mol. The third kappa shape index (κ3) is 4.43. The molecule has 1 aromatic carbocycles. The van der Waals surface area contributed by atoms with Crippen molar-refractivity contribution in [3.05, 3.63) is 58.0 Å². The molecule has 0 N–H and O–H groups in total. The standard InChI is InChI=1S/C21H26N4O2S/c1-2-18-14-19-20(28-18)22-15-25(21(19)26)16-24-10-8-23(9-11-24)12-13-27-17-6-4-3-5-7-17/h3-7,14-15H,2,8-13,16H2,1H3. The van der Waals surface area contributed by atoms with E-state index in [2.05, 4.69) is 21.7 Å². The number of aryl methyl sites for hydroxylation is 1. The maximum Gasteiger partial charge on any atom is 0.263 e. The molecule has 148 valence electrons. The fourth-order valence-corrected chi connectivity index (χ4v) is 4.39. The largest absolute Gasteiger partial charge is 0.492 e. The normalized spacial score (nSPS) is 15.9. The number of benzene rings is 1. The molecular weight excluding hydrogens is 372 g/mol. The van der Waals surface area contributed by atoms with Crippen molar-refractivity contribution in [2.75, 3.05) is 39.3 Å². The lowest BCUT2D eigenvalue weighted by Crippen LogP contribution is -2.48. The second-order valence-corrected chi connectivity index (χ2v) is 8.18. The van der Waals surface area contributed by atoms with Crippen molar-refractivity contribution in [3.8, 4) is 5.75 Å². The minimum Gasteiger partial charge on any atom is -0.492 e. The van der Waals surface area contributed by atoms with Gasteiger partial charge in [0.05, 0.1) is 12.1 Å². The number of fused-ring (bicyclic) bond motifs is 1. The average molecular weight is 399 g/mol. The van der Waals surface area contributed by atoms with Gasteiger partial charge in [0.1, 0.15) is 23.5 Å². The molecule has 1 aliphatic heterocycles. The zero-order valence-electron chi connectivity index (χ0n) is 16.2. The first-order chi connectivity index (χ1) is 13.7. The van der Waals surface area contributed by atoms with Gasteiger partial charge in [-0.05, 0) is 24.6 Å². The SMILES string of the molecule is CCc1cc2c(=O)n(CN3CCN(CCOc4ccccc4)CC3)cnc2s1. The van der Waals surface area contributed by atoms with Gasteiger partial charge in [0.25, 0.3) is 5.56 Å². The maximum absolute atomic E-state index is 12.7. The van der Waals surface area contributed by atoms with Crippen LogP contribution in [0.5, 0.6) is 5.75 Å². The van der Waals surface area contributed by atoms with Crippen molar-refractivity contribution in [3.63, 3.8) is 0 Å². The van der Waals surface area contributed by atoms with Gasteiger partial charge < -0.3 is 4.74 Å². The van der Waals surface area contributed by atoms with E-state index in [0.717, 1.165) is 55.1 Å². The van der Waals surface area contributed by atoms with Crippen LogP contribution in [0.4, 0.5) is 0 Å². The molecule has 7 heteroatoms. The van der Waals surface area contributed by atoms with E-state index in [-0.39, 0.29) is 5.56 Å². The van der Waals surface area contributed by atoms with Crippen LogP contribution in [0.2, 0.25) is 0 Å². The van der Waals surface area contributed by atoms with Gasteiger partial charge in [0.2, 0.25) is 0 Å². The molecule has 0 atom stereocenters. The minimum absolute atomic E-state index is 0.0691. The highest BCUT2D eigenvalue weighted by Gasteiger charge is 2.18. The number of piperazine rings is 1. The first-order valence-corrected chi connectivity index (χ1v) is 10.6. The van der Waals surface area contributed by atoms with Crippen molar-refractivity contribution < 1.29 is 4.74 Å². The Morgan fingerprint density at radius 3 is 2.61 bits per heavy atom. The van der Waals surface area contributed by atoms with Gasteiger partial charge in [-0.2, -0.15) is 0 Å². The lowest BCUT2D eigenvalue weighted by Gasteiger charge is -2.34. The van der Waals surface area contributed by atoms with Crippen molar-refractivity contribution in [2.45, 2.75) is 20.0 Å². The Hall–Kier alpha value is -2.22. The molecule has 2 aromatic heterocycles. The van der Waals surface area contributed by atoms with Gasteiger partial charge in [0, 0.05) is 37.6 Å². The fourth-order valence-electron chi connectivity index (χ4n) is 3.46. The van der Waals surface area contributed by atoms with Crippen LogP contribution >= 0.6 is 11.3 Å². The van der Waals surface area contributed by atoms with E-state index in [1.807, 2.05) is 36.4 Å². The van der Waals surface area contributed by atoms with Crippen LogP contribution in [-0.4, -0.2) is 58.7 Å². The summed E-state index contributed by atoms with van der Waals surface area (Å²) in [5.74, 6) is 0.920. The molecule has 6 nitrogen and oxygen atoms in total. The molecule has 0 aliphatic carbocycles. The lowest BCUT2D eigenvalue weighted by atomic mass is 10.3. The maximum atomic E-state index is 12.7. The van der Waals surface area contributed by atoms with Crippen LogP contribution in [0.3, 0.4) is 0 Å². The third-order valence-electron chi connectivity index (χ3n) is 5.15. The zero-order chi connectivity index (χ0) is 19.3. The van der Waals surface area contributed by atoms with E-state index in [4.69, 9.17) is 4.74 Å². The summed E-state index contributed by atoms with van der Waals surface area (Å²) in [6.45, 7) is 8.19. The van der Waals surface area contributed by atoms with E-state index < -0.39 is 0 Å². The fraction of sp³-hybridized carbons (Fsp3) is 0.429. The van der Waals surface area contributed by atoms with Crippen molar-refractivity contribution >= 4 is 21.6 Å². The second kappa shape index (κ2) is 8.86. The molecule has 4 rings (SSSR count). The molecule has 1 saturated heterocycles. The summed E-state index contributed by atoms with van der Waals surface area (Å²) in [5.41, 5.74) is 0.0691. The highest BCUT2D eigenvalue weighted by atomic mass is 32.1. The highest BCUT2D eigenvalue weighted by molar-refractivity contribution is 7.18. The summed E-state index contributed by atoms with van der Waals surface area (Å²) >= 11 is 1.62. The van der Waals surface area contributed by atoms with Crippen LogP contribution in [0.1, 0.15) is 11.8 Å². The molecule has 0 unspecified atom stereocenters. The van der Waals surface area contributed by atoms with Gasteiger partial charge in [-0.25, -0.2) is 4.98 Å². The predicted molar refractivity (Wildman–Crippen MR) is 113 cm³/mol. The van der Waals surface area contributed by atoms with Gasteiger partial charge in [-0.3, -0.25) is 19.2 Å². The summed E-state index contributed by atoms with van der Waals surface area (Å²) in [4.78, 5) is 24.0. The van der Waals surface area contributed by atoms with E-state index in [1.165, 1.54) is 4.88 Å². The highest BCUT2D eigenvalue weighted by Crippen LogP contribution is 2.21. The number of rotatable bonds is 7. The van der Waals surface area contributed by atoms with E-state index >= 15 is 0 Å². The summed E-state index contributed by atoms with van der Waals surface area (Å²) in [7, 11) is 0. The first kappa shape index (κ1) is 19.1. The number of hydrogen-bond acceptors (Lipinski definition) is 6. The molecule has 1 fully saturated rings. The summed E-state index contributed by atoms with van der Waals surface area (Å²) in [6, 6.07) is 11.9. The Morgan fingerprint density at radius 1 is 1.11 bits per heavy atom. The van der Waals surface area contributed by atoms with Crippen molar-refractivity contribution in [1.82, 2.24) is 19.4 Å². The van der Waals surface area contributed by atoms with Gasteiger partial charge in [-0.1, -0.05) is 25.1 Å². The Balaban J connectivity index is 1.28. The van der Waals surface area contributed by atoms with Crippen LogP contribution in [0.25, 0.3) is 10.2 Å². The van der Waals surface area contributed by atoms with Crippen molar-refractivity contribution in [2.24, 2.45) is 0 Å². The molecule has 28 heavy (non-hydrogen) atoms. The molecule has 3 heterocycles. The van der Waals surface area contributed by atoms with E-state index in [1.54, 1.807) is 22.2 Å². The predicted octanol–water partition coefficient (Wildman–Crippen LogP) is 2.67. The lowest BCUT2D eigenvalue weighted by molar-refractivity contribution is 0.0951. The molecule has 1 aliphatic rings. The molecule has 0 spiro atoms. The Morgan fingerprint density at radius 2 is 1.86 bits per heavy atom. The smallest absolute Gasteiger partial charge is 0.263 e. The molecule has 0 radical (unpaired) electrons. The number of aromatic nitrogens is 2. The molecule has 3 aromatic rings. The molecule has 0 saturated carbocycles. The number of hydrogen-bond donors (Lipinski definition) is 0. The van der Waals surface area contributed by atoms with Gasteiger partial charge >= 0.3 is 0 Å². The Bertz CT molecular complexity index is 961. The summed E-state index contributed by atoms with van der Waals surface area (Å²) in [5, 5.41) is 0.751. The van der Waals surface area contributed by atoms with Crippen molar-refractivity contribution in [1.29, 1.82) is 0 Å². The van der Waals surface area contributed by atoms with Gasteiger partial charge in [-0.15, -0.1) is 11.3 Å². The van der Waals surface area contributed by atoms with E-state index in [0.29, 0.717) is 13.3 Å². The van der Waals surface area contributed by atoms with Crippen LogP contribution < -0.4 is 10.3 Å². The number of thiophene rings is 1. The Labute approximate surface area is 169 Å². The summed E-state index contributed by atoms with van der Waals surface area (Å²) < 4.78 is 7.53. The van der Waals surface area contributed by atoms with Gasteiger partial charge in [0.15, 0.2) is 0 Å². The minimum atomic E-state index is 0.0691. The molecule has 0 bridgehead atoms. The Kier molecular flexibility index (Phi) is 6.04. The zero-order valence-corrected chi connectivity index (χ0v) is 17.0. The topological polar surface area (TPSA) is 50.6 Å². The molecular formula is C21H26N4O2S. The second-order valence-electron chi connectivity index (χ2n) is 7.07. The first-order valence-electron chi connectivity index (χ1n) is 9.83. The third-order valence-corrected chi connectivity index (χ3v) is 6.34.